The molecule has 1 heterocycles. The summed E-state index contributed by atoms with van der Waals surface area (Å²) in [6.45, 7) is 1.70. The van der Waals surface area contributed by atoms with Crippen molar-refractivity contribution in [1.82, 2.24) is 0 Å². The Bertz CT molecular complexity index is 525. The van der Waals surface area contributed by atoms with Crippen molar-refractivity contribution in [3.05, 3.63) is 24.3 Å². The molecule has 2 fully saturated rings. The molecule has 7 nitrogen and oxygen atoms in total. The molecule has 0 radical (unpaired) electrons. The highest BCUT2D eigenvalue weighted by molar-refractivity contribution is 5.66. The molecule has 0 amide bonds. The largest absolute Gasteiger partial charge is 0.481 e. The van der Waals surface area contributed by atoms with Crippen LogP contribution in [0.4, 0.5) is 0 Å². The van der Waals surface area contributed by atoms with Gasteiger partial charge in [-0.2, -0.15) is 0 Å². The molecule has 2 aliphatic rings. The van der Waals surface area contributed by atoms with Crippen LogP contribution in [0.1, 0.15) is 44.9 Å². The lowest BCUT2D eigenvalue weighted by molar-refractivity contribution is -0.137. The van der Waals surface area contributed by atoms with Crippen LogP contribution in [0, 0.1) is 11.8 Å². The fourth-order valence-electron chi connectivity index (χ4n) is 3.96. The first-order valence-electron chi connectivity index (χ1n) is 10.2. The fraction of sp³-hybridized carbons (Fsp3) is 0.762. The minimum Gasteiger partial charge on any atom is -0.481 e. The van der Waals surface area contributed by atoms with Crippen molar-refractivity contribution in [3.8, 4) is 0 Å². The van der Waals surface area contributed by atoms with Crippen molar-refractivity contribution in [1.29, 1.82) is 0 Å². The van der Waals surface area contributed by atoms with Crippen LogP contribution in [0.25, 0.3) is 0 Å². The van der Waals surface area contributed by atoms with E-state index in [0.717, 1.165) is 6.42 Å². The molecule has 0 bridgehead atoms. The molecule has 0 aromatic rings. The van der Waals surface area contributed by atoms with Crippen LogP contribution in [0.5, 0.6) is 0 Å². The number of carbonyl (C=O) groups is 1. The standard InChI is InChI=1S/C21H34O7/c1-26-12-6-10-21(27-13-14-28-21)11-9-17-16(18(22)15-19(17)23)7-4-2-3-5-8-20(24)25/h2,4,9,11,16-19,22-23H,3,5-8,10,12-15H2,1H3,(H,24,25)/b4-2-,11-9+/t16-,17-,18+,19-/m1/s1. The number of carboxylic acid groups (broad SMARTS) is 1. The van der Waals surface area contributed by atoms with Crippen molar-refractivity contribution >= 4 is 5.97 Å². The minimum atomic E-state index is -0.788. The number of aliphatic carboxylic acids is 1. The van der Waals surface area contributed by atoms with E-state index in [2.05, 4.69) is 0 Å². The van der Waals surface area contributed by atoms with Crippen LogP contribution >= 0.6 is 0 Å². The van der Waals surface area contributed by atoms with Gasteiger partial charge in [0.2, 0.25) is 0 Å². The SMILES string of the molecule is COCCCC1(/C=C/[C@@H]2[C@@H](C/C=C\CCCC(=O)O)[C@@H](O)C[C@H]2O)OCCO1. The normalized spacial score (nSPS) is 30.0. The molecule has 1 aliphatic heterocycles. The minimum absolute atomic E-state index is 0.0839. The van der Waals surface area contributed by atoms with E-state index in [4.69, 9.17) is 19.3 Å². The number of aliphatic hydroxyl groups is 2. The highest BCUT2D eigenvalue weighted by Crippen LogP contribution is 2.37. The van der Waals surface area contributed by atoms with Gasteiger partial charge in [0.05, 0.1) is 25.4 Å². The van der Waals surface area contributed by atoms with E-state index >= 15 is 0 Å². The Morgan fingerprint density at radius 2 is 1.93 bits per heavy atom. The molecule has 160 valence electrons. The Morgan fingerprint density at radius 3 is 2.61 bits per heavy atom. The monoisotopic (exact) mass is 398 g/mol. The topological polar surface area (TPSA) is 105 Å². The Labute approximate surface area is 167 Å². The molecule has 7 heteroatoms. The van der Waals surface area contributed by atoms with E-state index in [1.54, 1.807) is 7.11 Å². The number of unbranched alkanes of at least 4 members (excludes halogenated alkanes) is 1. The summed E-state index contributed by atoms with van der Waals surface area (Å²) in [5.41, 5.74) is 0. The van der Waals surface area contributed by atoms with Gasteiger partial charge in [0.1, 0.15) is 0 Å². The second kappa shape index (κ2) is 11.7. The summed E-state index contributed by atoms with van der Waals surface area (Å²) < 4.78 is 16.7. The van der Waals surface area contributed by atoms with E-state index in [9.17, 15) is 15.0 Å². The number of aliphatic hydroxyl groups excluding tert-OH is 2. The Kier molecular flexibility index (Phi) is 9.61. The van der Waals surface area contributed by atoms with E-state index < -0.39 is 24.0 Å². The predicted molar refractivity (Wildman–Crippen MR) is 104 cm³/mol. The van der Waals surface area contributed by atoms with Crippen LogP contribution in [0.15, 0.2) is 24.3 Å². The number of allylic oxidation sites excluding steroid dienone is 2. The zero-order valence-electron chi connectivity index (χ0n) is 16.7. The van der Waals surface area contributed by atoms with Gasteiger partial charge in [-0.1, -0.05) is 18.2 Å². The maximum atomic E-state index is 10.5. The molecule has 1 saturated carbocycles. The van der Waals surface area contributed by atoms with Crippen molar-refractivity contribution in [2.24, 2.45) is 11.8 Å². The summed E-state index contributed by atoms with van der Waals surface area (Å²) in [6.07, 6.45) is 10.5. The first-order chi connectivity index (χ1) is 13.5. The Balaban J connectivity index is 1.93. The number of methoxy groups -OCH3 is 1. The number of rotatable bonds is 12. The molecular weight excluding hydrogens is 364 g/mol. The van der Waals surface area contributed by atoms with Crippen LogP contribution in [-0.2, 0) is 19.0 Å². The zero-order valence-corrected chi connectivity index (χ0v) is 16.7. The molecule has 0 unspecified atom stereocenters. The van der Waals surface area contributed by atoms with Crippen molar-refractivity contribution in [3.63, 3.8) is 0 Å². The van der Waals surface area contributed by atoms with Gasteiger partial charge in [-0.25, -0.2) is 0 Å². The van der Waals surface area contributed by atoms with Gasteiger partial charge in [0.25, 0.3) is 0 Å². The lowest BCUT2D eigenvalue weighted by atomic mass is 9.89. The van der Waals surface area contributed by atoms with Crippen LogP contribution in [0.3, 0.4) is 0 Å². The Hall–Kier alpha value is -1.25. The number of hydrogen-bond acceptors (Lipinski definition) is 6. The van der Waals surface area contributed by atoms with Crippen LogP contribution < -0.4 is 0 Å². The van der Waals surface area contributed by atoms with Gasteiger partial charge < -0.3 is 29.5 Å². The molecule has 3 N–H and O–H groups in total. The summed E-state index contributed by atoms with van der Waals surface area (Å²) in [5.74, 6) is -1.82. The number of carboxylic acids is 1. The van der Waals surface area contributed by atoms with Gasteiger partial charge >= 0.3 is 5.97 Å². The number of ether oxygens (including phenoxy) is 3. The zero-order chi connectivity index (χ0) is 20.4. The average Bonchev–Trinajstić information content (AvgIpc) is 3.21. The van der Waals surface area contributed by atoms with Crippen LogP contribution in [0.2, 0.25) is 0 Å². The molecule has 0 aromatic carbocycles. The highest BCUT2D eigenvalue weighted by Gasteiger charge is 2.41. The molecule has 1 aliphatic carbocycles. The average molecular weight is 398 g/mol. The maximum absolute atomic E-state index is 10.5. The molecule has 4 atom stereocenters. The summed E-state index contributed by atoms with van der Waals surface area (Å²) in [6, 6.07) is 0. The molecule has 0 aromatic heterocycles. The van der Waals surface area contributed by atoms with Gasteiger partial charge in [-0.3, -0.25) is 4.79 Å². The highest BCUT2D eigenvalue weighted by atomic mass is 16.7. The van der Waals surface area contributed by atoms with Gasteiger partial charge in [-0.15, -0.1) is 0 Å². The van der Waals surface area contributed by atoms with Crippen molar-refractivity contribution in [2.45, 2.75) is 62.9 Å². The second-order valence-corrected chi connectivity index (χ2v) is 7.57. The lowest BCUT2D eigenvalue weighted by Gasteiger charge is -2.26. The quantitative estimate of drug-likeness (QED) is 0.342. The third-order valence-electron chi connectivity index (χ3n) is 5.47. The van der Waals surface area contributed by atoms with Gasteiger partial charge in [0, 0.05) is 38.9 Å². The van der Waals surface area contributed by atoms with Gasteiger partial charge in [-0.05, 0) is 37.7 Å². The van der Waals surface area contributed by atoms with Crippen LogP contribution in [-0.4, -0.2) is 66.2 Å². The summed E-state index contributed by atoms with van der Waals surface area (Å²) in [7, 11) is 1.66. The maximum Gasteiger partial charge on any atom is 0.303 e. The summed E-state index contributed by atoms with van der Waals surface area (Å²) >= 11 is 0. The third kappa shape index (κ3) is 6.97. The first-order valence-corrected chi connectivity index (χ1v) is 10.2. The van der Waals surface area contributed by atoms with E-state index in [1.165, 1.54) is 0 Å². The third-order valence-corrected chi connectivity index (χ3v) is 5.47. The molecular formula is C21H34O7. The van der Waals surface area contributed by atoms with E-state index in [0.29, 0.717) is 51.9 Å². The molecule has 0 spiro atoms. The lowest BCUT2D eigenvalue weighted by Crippen LogP contribution is -2.29. The van der Waals surface area contributed by atoms with E-state index in [-0.39, 0.29) is 18.3 Å². The summed E-state index contributed by atoms with van der Waals surface area (Å²) in [5, 5.41) is 29.4. The fourth-order valence-corrected chi connectivity index (χ4v) is 3.96. The number of hydrogen-bond donors (Lipinski definition) is 3. The van der Waals surface area contributed by atoms with Crippen molar-refractivity contribution < 1.29 is 34.3 Å². The Morgan fingerprint density at radius 1 is 1.18 bits per heavy atom. The van der Waals surface area contributed by atoms with E-state index in [1.807, 2.05) is 24.3 Å². The van der Waals surface area contributed by atoms with Crippen molar-refractivity contribution in [2.75, 3.05) is 26.9 Å². The smallest absolute Gasteiger partial charge is 0.303 e. The second-order valence-electron chi connectivity index (χ2n) is 7.57. The van der Waals surface area contributed by atoms with Gasteiger partial charge in [0.15, 0.2) is 5.79 Å². The first kappa shape index (κ1) is 23.0. The predicted octanol–water partition coefficient (Wildman–Crippen LogP) is 2.27. The molecule has 1 saturated heterocycles. The molecule has 2 rings (SSSR count). The summed E-state index contributed by atoms with van der Waals surface area (Å²) in [4.78, 5) is 10.5. The molecule has 28 heavy (non-hydrogen) atoms.